The molecule has 0 fully saturated rings. The zero-order valence-corrected chi connectivity index (χ0v) is 23.0. The van der Waals surface area contributed by atoms with Crippen molar-refractivity contribution < 1.29 is 41.1 Å². The predicted octanol–water partition coefficient (Wildman–Crippen LogP) is 13.0. The van der Waals surface area contributed by atoms with Gasteiger partial charge in [-0.05, 0) is 93.6 Å². The van der Waals surface area contributed by atoms with Crippen LogP contribution in [0.3, 0.4) is 0 Å². The number of hydrogen-bond donors (Lipinski definition) is 0. The predicted molar refractivity (Wildman–Crippen MR) is 198 cm³/mol. The van der Waals surface area contributed by atoms with Crippen molar-refractivity contribution >= 4 is 43.1 Å². The fraction of sp³-hybridized carbons (Fsp3) is 0. The monoisotopic (exact) mass is 612 g/mol. The van der Waals surface area contributed by atoms with E-state index < -0.39 is 269 Å². The quantitative estimate of drug-likeness (QED) is 0.173. The highest BCUT2D eigenvalue weighted by molar-refractivity contribution is 6.25. The average Bonchev–Trinajstić information content (AvgIpc) is 3.39. The zero-order chi connectivity index (χ0) is 56.6. The first kappa shape index (κ1) is 10.0. The molecule has 0 saturated heterocycles. The van der Waals surface area contributed by atoms with Crippen molar-refractivity contribution in [3.05, 3.63) is 181 Å². The van der Waals surface area contributed by atoms with Crippen LogP contribution in [-0.4, -0.2) is 0 Å². The molecule has 0 saturated carbocycles. The minimum absolute atomic E-state index is 0.695. The SMILES string of the molecule is [2H]c1c([2H])c([2H])c(-c2c([2H])c([2H])c([2H])c([2H])c2-c2c3c([2H])c([2H])c([2H])c([2H])c3c(-c3c([2H])c([2H])c([2H])c4c([2H])c([2H])c([2H])c([2H])c34)c3c([2H])c([2H])c(-c4c([2H])c([2H])c([2H])c5c([2H])c([2H])c([2H])c([2H])c45)c([2H])c23)c([2H])c1[2H]. The molecule has 9 rings (SSSR count). The standard InChI is InChI=1S/C46H30/c1-2-14-31(15-3-1)36-22-8-9-23-39(36)46-42-25-11-10-24-41(42)45(40-27-13-19-33-17-5-7-21-37(33)40)43-29-28-34(30-44(43)46)38-26-12-18-32-16-4-6-20-35(32)38/h1-30H/i1D,2D,3D,4D,5D,6D,7D,8D,9D,10D,11D,12D,13D,14D,15D,16D,17D,18D,19D,20D,21D,22D,23D,24D,25D,26D,27D,28D,29D,30D. The molecule has 0 unspecified atom stereocenters. The Morgan fingerprint density at radius 2 is 0.717 bits per heavy atom. The summed E-state index contributed by atoms with van der Waals surface area (Å²) in [4.78, 5) is 0. The Morgan fingerprint density at radius 3 is 1.41 bits per heavy atom. The Balaban J connectivity index is 1.77. The molecule has 0 N–H and O–H groups in total. The first-order valence-corrected chi connectivity index (χ1v) is 13.5. The van der Waals surface area contributed by atoms with Gasteiger partial charge in [-0.3, -0.25) is 0 Å². The van der Waals surface area contributed by atoms with Gasteiger partial charge in [0.15, 0.2) is 0 Å². The molecular formula is C46H30. The van der Waals surface area contributed by atoms with Gasteiger partial charge in [0.25, 0.3) is 0 Å². The van der Waals surface area contributed by atoms with Crippen LogP contribution in [0.2, 0.25) is 0 Å². The van der Waals surface area contributed by atoms with Crippen LogP contribution in [0.1, 0.15) is 41.1 Å². The van der Waals surface area contributed by atoms with E-state index in [0.29, 0.717) is 0 Å². The van der Waals surface area contributed by atoms with Crippen molar-refractivity contribution in [2.75, 3.05) is 0 Å². The Hall–Kier alpha value is -5.98. The van der Waals surface area contributed by atoms with Crippen LogP contribution < -0.4 is 0 Å². The van der Waals surface area contributed by atoms with Crippen molar-refractivity contribution in [1.29, 1.82) is 0 Å². The second-order valence-corrected chi connectivity index (χ2v) is 9.75. The summed E-state index contributed by atoms with van der Waals surface area (Å²) in [7, 11) is 0. The van der Waals surface area contributed by atoms with Gasteiger partial charge in [-0.2, -0.15) is 0 Å². The summed E-state index contributed by atoms with van der Waals surface area (Å²) in [5, 5.41) is -6.52. The molecule has 0 heteroatoms. The van der Waals surface area contributed by atoms with Crippen molar-refractivity contribution in [1.82, 2.24) is 0 Å². The maximum absolute atomic E-state index is 10.3. The molecule has 46 heavy (non-hydrogen) atoms. The maximum Gasteiger partial charge on any atom is 0.0636 e. The van der Waals surface area contributed by atoms with Gasteiger partial charge >= 0.3 is 0 Å². The number of benzene rings is 9. The number of fused-ring (bicyclic) bond motifs is 4. The van der Waals surface area contributed by atoms with E-state index in [2.05, 4.69) is 0 Å². The van der Waals surface area contributed by atoms with Gasteiger partial charge in [-0.15, -0.1) is 0 Å². The Kier molecular flexibility index (Phi) is 2.37. The van der Waals surface area contributed by atoms with Crippen LogP contribution in [0.5, 0.6) is 0 Å². The van der Waals surface area contributed by atoms with Gasteiger partial charge < -0.3 is 0 Å². The van der Waals surface area contributed by atoms with Gasteiger partial charge in [0, 0.05) is 0 Å². The van der Waals surface area contributed by atoms with Crippen molar-refractivity contribution in [3.8, 4) is 44.5 Å². The average molecular weight is 613 g/mol. The van der Waals surface area contributed by atoms with Crippen molar-refractivity contribution in [2.45, 2.75) is 0 Å². The minimum Gasteiger partial charge on any atom is -0.0622 e. The third-order valence-electron chi connectivity index (χ3n) is 7.31. The normalized spacial score (nSPS) is 20.6. The van der Waals surface area contributed by atoms with E-state index in [9.17, 15) is 13.7 Å². The summed E-state index contributed by atoms with van der Waals surface area (Å²) in [5.41, 5.74) is -7.30. The number of rotatable bonds is 4. The second kappa shape index (κ2) is 10.9. The van der Waals surface area contributed by atoms with E-state index in [4.69, 9.17) is 27.4 Å². The third-order valence-corrected chi connectivity index (χ3v) is 7.31. The van der Waals surface area contributed by atoms with Crippen LogP contribution in [0.25, 0.3) is 87.6 Å². The Labute approximate surface area is 311 Å². The van der Waals surface area contributed by atoms with Crippen molar-refractivity contribution in [3.63, 3.8) is 0 Å². The molecule has 9 aromatic carbocycles. The Morgan fingerprint density at radius 1 is 0.261 bits per heavy atom. The lowest BCUT2D eigenvalue weighted by atomic mass is 9.82. The van der Waals surface area contributed by atoms with Crippen LogP contribution in [0.4, 0.5) is 0 Å². The van der Waals surface area contributed by atoms with E-state index in [-0.39, 0.29) is 0 Å². The highest BCUT2D eigenvalue weighted by Gasteiger charge is 2.20. The molecule has 9 aromatic rings. The molecule has 0 aliphatic carbocycles. The lowest BCUT2D eigenvalue weighted by Crippen LogP contribution is -1.94. The molecule has 0 nitrogen and oxygen atoms in total. The fourth-order valence-corrected chi connectivity index (χ4v) is 5.41. The van der Waals surface area contributed by atoms with Crippen molar-refractivity contribution in [2.24, 2.45) is 0 Å². The topological polar surface area (TPSA) is 0 Å². The Bertz CT molecular complexity index is 4230. The molecule has 0 aliphatic rings. The van der Waals surface area contributed by atoms with E-state index in [1.165, 1.54) is 0 Å². The first-order chi connectivity index (χ1) is 35.3. The smallest absolute Gasteiger partial charge is 0.0622 e. The summed E-state index contributed by atoms with van der Waals surface area (Å²) >= 11 is 0. The first-order valence-electron chi connectivity index (χ1n) is 28.5. The summed E-state index contributed by atoms with van der Waals surface area (Å²) < 4.78 is 272. The van der Waals surface area contributed by atoms with Gasteiger partial charge in [-0.1, -0.05) is 175 Å². The summed E-state index contributed by atoms with van der Waals surface area (Å²) in [6, 6.07) is -31.2. The fourth-order valence-electron chi connectivity index (χ4n) is 5.41. The number of hydrogen-bond acceptors (Lipinski definition) is 0. The molecule has 0 heterocycles. The minimum atomic E-state index is -1.19. The molecular weight excluding hydrogens is 553 g/mol. The molecule has 0 aliphatic heterocycles. The lowest BCUT2D eigenvalue weighted by Gasteiger charge is -2.21. The third kappa shape index (κ3) is 4.23. The molecule has 214 valence electrons. The molecule has 0 amide bonds. The lowest BCUT2D eigenvalue weighted by molar-refractivity contribution is 1.60. The molecule has 0 aromatic heterocycles. The van der Waals surface area contributed by atoms with Crippen LogP contribution in [0, 0.1) is 0 Å². The summed E-state index contributed by atoms with van der Waals surface area (Å²) in [5.74, 6) is 0. The van der Waals surface area contributed by atoms with Gasteiger partial charge in [0.2, 0.25) is 0 Å². The van der Waals surface area contributed by atoms with Gasteiger partial charge in [-0.25, -0.2) is 0 Å². The molecule has 0 radical (unpaired) electrons. The summed E-state index contributed by atoms with van der Waals surface area (Å²) in [6.45, 7) is 0. The second-order valence-electron chi connectivity index (χ2n) is 9.75. The maximum atomic E-state index is 10.3. The van der Waals surface area contributed by atoms with Crippen LogP contribution >= 0.6 is 0 Å². The van der Waals surface area contributed by atoms with Gasteiger partial charge in [0.05, 0.1) is 41.1 Å². The highest BCUT2D eigenvalue weighted by atomic mass is 14.2. The van der Waals surface area contributed by atoms with E-state index >= 15 is 0 Å². The molecule has 0 spiro atoms. The molecule has 0 atom stereocenters. The highest BCUT2D eigenvalue weighted by Crippen LogP contribution is 2.48. The molecule has 0 bridgehead atoms. The van der Waals surface area contributed by atoms with Gasteiger partial charge in [0.1, 0.15) is 0 Å². The largest absolute Gasteiger partial charge is 0.0636 e. The van der Waals surface area contributed by atoms with Crippen LogP contribution in [0.15, 0.2) is 181 Å². The van der Waals surface area contributed by atoms with E-state index in [1.807, 2.05) is 0 Å². The summed E-state index contributed by atoms with van der Waals surface area (Å²) in [6.07, 6.45) is 0. The zero-order valence-electron chi connectivity index (χ0n) is 53.0. The van der Waals surface area contributed by atoms with Crippen LogP contribution in [-0.2, 0) is 0 Å². The van der Waals surface area contributed by atoms with E-state index in [1.54, 1.807) is 0 Å². The van der Waals surface area contributed by atoms with E-state index in [0.717, 1.165) is 0 Å².